The molecule has 0 saturated heterocycles. The van der Waals surface area contributed by atoms with Crippen molar-refractivity contribution in [3.8, 4) is 17.1 Å². The van der Waals surface area contributed by atoms with Crippen LogP contribution < -0.4 is 10.3 Å². The van der Waals surface area contributed by atoms with Gasteiger partial charge in [0.25, 0.3) is 5.56 Å². The first-order valence-electron chi connectivity index (χ1n) is 12.3. The van der Waals surface area contributed by atoms with Gasteiger partial charge in [0.05, 0.1) is 35.6 Å². The molecule has 7 nitrogen and oxygen atoms in total. The maximum Gasteiger partial charge on any atom is 0.343 e. The zero-order valence-corrected chi connectivity index (χ0v) is 22.0. The zero-order valence-electron chi connectivity index (χ0n) is 21.0. The van der Waals surface area contributed by atoms with Gasteiger partial charge in [-0.3, -0.25) is 4.79 Å². The minimum atomic E-state index is -1.82. The molecule has 3 aromatic rings. The molecular formula is C27H32N2O5Si. The van der Waals surface area contributed by atoms with E-state index in [4.69, 9.17) is 14.5 Å². The van der Waals surface area contributed by atoms with Gasteiger partial charge in [0, 0.05) is 24.6 Å². The molecule has 0 saturated carbocycles. The number of aliphatic hydroxyl groups is 1. The van der Waals surface area contributed by atoms with Crippen LogP contribution in [0.4, 0.5) is 0 Å². The fourth-order valence-corrected chi connectivity index (χ4v) is 6.18. The standard InChI is InChI=1S/C27H32N2O5Si/c1-6-27(32)21-13-23-24-19(14-29(23)25(30)20(21)15-34-26(27)31)17(10-11-35(3,4)5)18-12-16(33-7-2)8-9-22(18)28-24/h8-9,12-13,32H,6-7,10-11,14-15H2,1-5H3/t27-/m0/s1. The number of esters is 1. The number of fused-ring (bicyclic) bond motifs is 5. The van der Waals surface area contributed by atoms with Crippen LogP contribution in [0.1, 0.15) is 42.5 Å². The van der Waals surface area contributed by atoms with Gasteiger partial charge in [0.1, 0.15) is 12.4 Å². The van der Waals surface area contributed by atoms with Crippen molar-refractivity contribution in [3.05, 3.63) is 56.9 Å². The quantitative estimate of drug-likeness (QED) is 0.318. The van der Waals surface area contributed by atoms with Crippen LogP contribution in [0.25, 0.3) is 22.3 Å². The van der Waals surface area contributed by atoms with Crippen molar-refractivity contribution in [1.82, 2.24) is 9.55 Å². The SMILES string of the molecule is CCOc1ccc2nc3c(c(CC[Si](C)(C)C)c2c1)Cn1c-3cc2c(c1=O)COC(=O)[C@]2(O)CC. The minimum Gasteiger partial charge on any atom is -0.494 e. The molecule has 2 aromatic heterocycles. The highest BCUT2D eigenvalue weighted by atomic mass is 28.3. The Bertz CT molecular complexity index is 1420. The number of rotatable bonds is 6. The lowest BCUT2D eigenvalue weighted by atomic mass is 9.86. The predicted molar refractivity (Wildman–Crippen MR) is 138 cm³/mol. The molecule has 0 bridgehead atoms. The van der Waals surface area contributed by atoms with Gasteiger partial charge in [-0.25, -0.2) is 9.78 Å². The Hall–Kier alpha value is -2.97. The van der Waals surface area contributed by atoms with Crippen molar-refractivity contribution in [2.45, 2.75) is 71.1 Å². The molecule has 1 N–H and O–H groups in total. The van der Waals surface area contributed by atoms with E-state index in [-0.39, 0.29) is 18.6 Å². The Morgan fingerprint density at radius 3 is 2.63 bits per heavy atom. The molecule has 2 aliphatic heterocycles. The van der Waals surface area contributed by atoms with E-state index < -0.39 is 19.6 Å². The third-order valence-electron chi connectivity index (χ3n) is 7.21. The van der Waals surface area contributed by atoms with Gasteiger partial charge in [-0.1, -0.05) is 32.6 Å². The number of carbonyl (C=O) groups is 1. The monoisotopic (exact) mass is 492 g/mol. The molecule has 35 heavy (non-hydrogen) atoms. The summed E-state index contributed by atoms with van der Waals surface area (Å²) in [5.74, 6) is 0.101. The van der Waals surface area contributed by atoms with Crippen molar-refractivity contribution >= 4 is 24.9 Å². The van der Waals surface area contributed by atoms with E-state index in [0.717, 1.165) is 40.4 Å². The van der Waals surface area contributed by atoms with E-state index >= 15 is 0 Å². The number of pyridine rings is 2. The predicted octanol–water partition coefficient (Wildman–Crippen LogP) is 4.36. The van der Waals surface area contributed by atoms with Crippen molar-refractivity contribution in [2.24, 2.45) is 0 Å². The lowest BCUT2D eigenvalue weighted by molar-refractivity contribution is -0.172. The summed E-state index contributed by atoms with van der Waals surface area (Å²) >= 11 is 0. The lowest BCUT2D eigenvalue weighted by Gasteiger charge is -2.31. The van der Waals surface area contributed by atoms with E-state index in [0.29, 0.717) is 30.0 Å². The molecule has 0 unspecified atom stereocenters. The molecule has 0 fully saturated rings. The second kappa shape index (κ2) is 8.31. The molecule has 0 aliphatic carbocycles. The summed E-state index contributed by atoms with van der Waals surface area (Å²) in [6.45, 7) is 11.6. The van der Waals surface area contributed by atoms with Crippen LogP contribution in [0.15, 0.2) is 29.1 Å². The van der Waals surface area contributed by atoms with Gasteiger partial charge < -0.3 is 19.1 Å². The summed E-state index contributed by atoms with van der Waals surface area (Å²) in [4.78, 5) is 31.0. The molecule has 2 aliphatic rings. The second-order valence-electron chi connectivity index (χ2n) is 10.7. The first-order valence-corrected chi connectivity index (χ1v) is 16.0. The smallest absolute Gasteiger partial charge is 0.343 e. The van der Waals surface area contributed by atoms with E-state index in [1.54, 1.807) is 17.6 Å². The van der Waals surface area contributed by atoms with Crippen LogP contribution in [-0.2, 0) is 34.7 Å². The van der Waals surface area contributed by atoms with Crippen LogP contribution in [0.2, 0.25) is 25.7 Å². The molecule has 0 amide bonds. The number of hydrogen-bond acceptors (Lipinski definition) is 6. The molecule has 1 aromatic carbocycles. The highest BCUT2D eigenvalue weighted by Crippen LogP contribution is 2.41. The normalized spacial score (nSPS) is 18.7. The first-order chi connectivity index (χ1) is 16.6. The van der Waals surface area contributed by atoms with E-state index in [2.05, 4.69) is 25.7 Å². The lowest BCUT2D eigenvalue weighted by Crippen LogP contribution is -2.44. The first kappa shape index (κ1) is 23.8. The second-order valence-corrected chi connectivity index (χ2v) is 16.3. The number of ether oxygens (including phenoxy) is 2. The van der Waals surface area contributed by atoms with Crippen LogP contribution in [0, 0.1) is 0 Å². The third-order valence-corrected chi connectivity index (χ3v) is 8.96. The van der Waals surface area contributed by atoms with Crippen LogP contribution in [0.3, 0.4) is 0 Å². The Kier molecular flexibility index (Phi) is 5.64. The largest absolute Gasteiger partial charge is 0.494 e. The summed E-state index contributed by atoms with van der Waals surface area (Å²) in [5, 5.41) is 12.2. The molecule has 4 heterocycles. The summed E-state index contributed by atoms with van der Waals surface area (Å²) in [5.41, 5.74) is 3.13. The van der Waals surface area contributed by atoms with Gasteiger partial charge in [-0.15, -0.1) is 0 Å². The highest BCUT2D eigenvalue weighted by Gasteiger charge is 2.45. The molecule has 1 atom stereocenters. The summed E-state index contributed by atoms with van der Waals surface area (Å²) in [6, 6.07) is 8.84. The molecule has 0 spiro atoms. The van der Waals surface area contributed by atoms with Crippen molar-refractivity contribution in [3.63, 3.8) is 0 Å². The van der Waals surface area contributed by atoms with Gasteiger partial charge in [-0.05, 0) is 49.6 Å². The van der Waals surface area contributed by atoms with E-state index in [1.807, 2.05) is 19.1 Å². The van der Waals surface area contributed by atoms with Gasteiger partial charge in [-0.2, -0.15) is 0 Å². The van der Waals surface area contributed by atoms with Gasteiger partial charge in [0.2, 0.25) is 0 Å². The van der Waals surface area contributed by atoms with E-state index in [9.17, 15) is 14.7 Å². The zero-order chi connectivity index (χ0) is 25.1. The minimum absolute atomic E-state index is 0.123. The summed E-state index contributed by atoms with van der Waals surface area (Å²) in [7, 11) is -1.34. The fraction of sp³-hybridized carbons (Fsp3) is 0.444. The van der Waals surface area contributed by atoms with Gasteiger partial charge in [0.15, 0.2) is 5.60 Å². The number of aromatic nitrogens is 2. The number of nitrogens with zero attached hydrogens (tertiary/aromatic N) is 2. The Balaban J connectivity index is 1.75. The van der Waals surface area contributed by atoms with Gasteiger partial charge >= 0.3 is 5.97 Å². The number of aryl methyl sites for hydroxylation is 1. The topological polar surface area (TPSA) is 90.7 Å². The Morgan fingerprint density at radius 1 is 1.17 bits per heavy atom. The molecule has 5 rings (SSSR count). The number of hydrogen-bond donors (Lipinski definition) is 1. The highest BCUT2D eigenvalue weighted by molar-refractivity contribution is 6.76. The molecular weight excluding hydrogens is 460 g/mol. The average molecular weight is 493 g/mol. The van der Waals surface area contributed by atoms with E-state index in [1.165, 1.54) is 5.56 Å². The molecule has 184 valence electrons. The fourth-order valence-electron chi connectivity index (χ4n) is 5.18. The summed E-state index contributed by atoms with van der Waals surface area (Å²) < 4.78 is 12.7. The average Bonchev–Trinajstić information content (AvgIpc) is 3.18. The number of carbonyl (C=O) groups excluding carboxylic acids is 1. The van der Waals surface area contributed by atoms with Crippen molar-refractivity contribution in [2.75, 3.05) is 6.61 Å². The van der Waals surface area contributed by atoms with Crippen molar-refractivity contribution in [1.29, 1.82) is 0 Å². The van der Waals surface area contributed by atoms with Crippen LogP contribution in [-0.4, -0.2) is 35.3 Å². The number of benzene rings is 1. The van der Waals surface area contributed by atoms with Crippen LogP contribution >= 0.6 is 0 Å². The maximum absolute atomic E-state index is 13.6. The van der Waals surface area contributed by atoms with Crippen molar-refractivity contribution < 1.29 is 19.4 Å². The summed E-state index contributed by atoms with van der Waals surface area (Å²) in [6.07, 6.45) is 1.02. The third kappa shape index (κ3) is 3.79. The Morgan fingerprint density at radius 2 is 1.94 bits per heavy atom. The molecule has 0 radical (unpaired) electrons. The number of cyclic esters (lactones) is 1. The Labute approximate surface area is 205 Å². The maximum atomic E-state index is 13.6. The molecule has 8 heteroatoms. The van der Waals surface area contributed by atoms with Crippen LogP contribution in [0.5, 0.6) is 5.75 Å².